The van der Waals surface area contributed by atoms with Crippen LogP contribution in [-0.2, 0) is 4.79 Å². The summed E-state index contributed by atoms with van der Waals surface area (Å²) in [4.78, 5) is 25.5. The summed E-state index contributed by atoms with van der Waals surface area (Å²) >= 11 is 0. The number of halogens is 1. The Hall–Kier alpha value is -2.63. The van der Waals surface area contributed by atoms with Crippen molar-refractivity contribution in [1.82, 2.24) is 10.2 Å². The Morgan fingerprint density at radius 3 is 2.70 bits per heavy atom. The molecule has 0 bridgehead atoms. The molecule has 122 valence electrons. The van der Waals surface area contributed by atoms with E-state index < -0.39 is 0 Å². The van der Waals surface area contributed by atoms with Crippen molar-refractivity contribution in [1.29, 1.82) is 0 Å². The monoisotopic (exact) mass is 317 g/mol. The summed E-state index contributed by atoms with van der Waals surface area (Å²) < 4.78 is 12.8. The van der Waals surface area contributed by atoms with E-state index >= 15 is 0 Å². The summed E-state index contributed by atoms with van der Waals surface area (Å²) in [5, 5.41) is 5.46. The van der Waals surface area contributed by atoms with Crippen molar-refractivity contribution in [2.75, 3.05) is 18.4 Å². The Kier molecular flexibility index (Phi) is 5.91. The van der Waals surface area contributed by atoms with Gasteiger partial charge in [-0.15, -0.1) is 0 Å². The molecule has 23 heavy (non-hydrogen) atoms. The molecule has 1 atom stereocenters. The van der Waals surface area contributed by atoms with Crippen molar-refractivity contribution < 1.29 is 14.0 Å². The second kappa shape index (κ2) is 8.12. The molecule has 2 N–H and O–H groups in total. The first-order chi connectivity index (χ1) is 11.1. The third kappa shape index (κ3) is 5.25. The minimum absolute atomic E-state index is 0.0636. The molecule has 1 heterocycles. The Balaban J connectivity index is 1.79. The molecular formula is C17H20FN3O2. The molecule has 1 aliphatic heterocycles. The zero-order chi connectivity index (χ0) is 16.7. The SMILES string of the molecule is C/C=C/C=C/C(=O)N1CC[C@H](NC(=O)Nc2ccc(F)cc2)C1. The van der Waals surface area contributed by atoms with Crippen LogP contribution in [0.2, 0.25) is 0 Å². The second-order valence-corrected chi connectivity index (χ2v) is 5.26. The maximum absolute atomic E-state index is 12.8. The number of rotatable bonds is 4. The molecule has 0 unspecified atom stereocenters. The van der Waals surface area contributed by atoms with Gasteiger partial charge < -0.3 is 15.5 Å². The van der Waals surface area contributed by atoms with Crippen LogP contribution < -0.4 is 10.6 Å². The number of allylic oxidation sites excluding steroid dienone is 3. The molecule has 2 rings (SSSR count). The molecular weight excluding hydrogens is 297 g/mol. The van der Waals surface area contributed by atoms with E-state index in [4.69, 9.17) is 0 Å². The van der Waals surface area contributed by atoms with E-state index in [-0.39, 0.29) is 23.8 Å². The lowest BCUT2D eigenvalue weighted by atomic mass is 10.3. The van der Waals surface area contributed by atoms with E-state index in [1.807, 2.05) is 13.0 Å². The Labute approximate surface area is 134 Å². The third-order valence-electron chi connectivity index (χ3n) is 3.48. The molecule has 1 aromatic carbocycles. The van der Waals surface area contributed by atoms with Crippen LogP contribution in [0.4, 0.5) is 14.9 Å². The van der Waals surface area contributed by atoms with Crippen LogP contribution in [-0.4, -0.2) is 36.0 Å². The number of anilines is 1. The molecule has 1 aliphatic rings. The first kappa shape index (κ1) is 16.7. The van der Waals surface area contributed by atoms with Crippen molar-refractivity contribution in [3.05, 3.63) is 54.4 Å². The van der Waals surface area contributed by atoms with Gasteiger partial charge in [-0.25, -0.2) is 9.18 Å². The number of hydrogen-bond acceptors (Lipinski definition) is 2. The standard InChI is InChI=1S/C17H20FN3O2/c1-2-3-4-5-16(22)21-11-10-15(12-21)20-17(23)19-14-8-6-13(18)7-9-14/h2-9,15H,10-12H2,1H3,(H2,19,20,23)/b3-2+,5-4+/t15-/m0/s1. The highest BCUT2D eigenvalue weighted by Gasteiger charge is 2.26. The maximum atomic E-state index is 12.8. The second-order valence-electron chi connectivity index (χ2n) is 5.26. The van der Waals surface area contributed by atoms with Crippen LogP contribution in [0, 0.1) is 5.82 Å². The fourth-order valence-electron chi connectivity index (χ4n) is 2.32. The number of nitrogens with one attached hydrogen (secondary N) is 2. The van der Waals surface area contributed by atoms with E-state index in [9.17, 15) is 14.0 Å². The van der Waals surface area contributed by atoms with Gasteiger partial charge in [0.05, 0.1) is 0 Å². The van der Waals surface area contributed by atoms with Crippen LogP contribution >= 0.6 is 0 Å². The molecule has 0 aliphatic carbocycles. The van der Waals surface area contributed by atoms with Gasteiger partial charge >= 0.3 is 6.03 Å². The average Bonchev–Trinajstić information content (AvgIpc) is 2.98. The predicted molar refractivity (Wildman–Crippen MR) is 87.5 cm³/mol. The third-order valence-corrected chi connectivity index (χ3v) is 3.48. The molecule has 0 aromatic heterocycles. The highest BCUT2D eigenvalue weighted by molar-refractivity contribution is 5.90. The number of hydrogen-bond donors (Lipinski definition) is 2. The van der Waals surface area contributed by atoms with Crippen LogP contribution in [0.5, 0.6) is 0 Å². The average molecular weight is 317 g/mol. The van der Waals surface area contributed by atoms with Crippen molar-refractivity contribution in [2.24, 2.45) is 0 Å². The smallest absolute Gasteiger partial charge is 0.319 e. The van der Waals surface area contributed by atoms with E-state index in [0.29, 0.717) is 25.2 Å². The van der Waals surface area contributed by atoms with E-state index in [2.05, 4.69) is 10.6 Å². The molecule has 0 radical (unpaired) electrons. The molecule has 0 saturated carbocycles. The zero-order valence-corrected chi connectivity index (χ0v) is 13.0. The van der Waals surface area contributed by atoms with Crippen LogP contribution in [0.1, 0.15) is 13.3 Å². The normalized spacial score (nSPS) is 17.8. The lowest BCUT2D eigenvalue weighted by Crippen LogP contribution is -2.40. The fourth-order valence-corrected chi connectivity index (χ4v) is 2.32. The summed E-state index contributed by atoms with van der Waals surface area (Å²) in [5.41, 5.74) is 0.518. The zero-order valence-electron chi connectivity index (χ0n) is 13.0. The lowest BCUT2D eigenvalue weighted by molar-refractivity contribution is -0.125. The lowest BCUT2D eigenvalue weighted by Gasteiger charge is -2.15. The molecule has 1 saturated heterocycles. The molecule has 6 heteroatoms. The Morgan fingerprint density at radius 1 is 1.26 bits per heavy atom. The molecule has 1 fully saturated rings. The van der Waals surface area contributed by atoms with Crippen molar-refractivity contribution in [3.8, 4) is 0 Å². The van der Waals surface area contributed by atoms with Gasteiger partial charge in [0.1, 0.15) is 5.82 Å². The van der Waals surface area contributed by atoms with Gasteiger partial charge in [0.15, 0.2) is 0 Å². The molecule has 0 spiro atoms. The highest BCUT2D eigenvalue weighted by Crippen LogP contribution is 2.11. The van der Waals surface area contributed by atoms with Gasteiger partial charge in [-0.05, 0) is 37.6 Å². The van der Waals surface area contributed by atoms with Crippen molar-refractivity contribution in [3.63, 3.8) is 0 Å². The number of amides is 3. The summed E-state index contributed by atoms with van der Waals surface area (Å²) in [7, 11) is 0. The van der Waals surface area contributed by atoms with Gasteiger partial charge in [-0.1, -0.05) is 18.2 Å². The van der Waals surface area contributed by atoms with Crippen molar-refractivity contribution >= 4 is 17.6 Å². The maximum Gasteiger partial charge on any atom is 0.319 e. The Morgan fingerprint density at radius 2 is 2.00 bits per heavy atom. The first-order valence-corrected chi connectivity index (χ1v) is 7.50. The van der Waals surface area contributed by atoms with Crippen LogP contribution in [0.25, 0.3) is 0 Å². The molecule has 1 aromatic rings. The number of carbonyl (C=O) groups is 2. The quantitative estimate of drug-likeness (QED) is 0.662. The predicted octanol–water partition coefficient (Wildman–Crippen LogP) is 2.68. The van der Waals surface area contributed by atoms with Crippen LogP contribution in [0.15, 0.2) is 48.6 Å². The number of likely N-dealkylation sites (tertiary alicyclic amines) is 1. The van der Waals surface area contributed by atoms with Gasteiger partial charge in [0.25, 0.3) is 0 Å². The largest absolute Gasteiger partial charge is 0.337 e. The number of urea groups is 1. The number of carbonyl (C=O) groups excluding carboxylic acids is 2. The van der Waals surface area contributed by atoms with Gasteiger partial charge in [-0.3, -0.25) is 4.79 Å². The summed E-state index contributed by atoms with van der Waals surface area (Å²) in [5.74, 6) is -0.418. The Bertz CT molecular complexity index is 611. The first-order valence-electron chi connectivity index (χ1n) is 7.50. The fraction of sp³-hybridized carbons (Fsp3) is 0.294. The van der Waals surface area contributed by atoms with Crippen LogP contribution in [0.3, 0.4) is 0 Å². The van der Waals surface area contributed by atoms with Crippen molar-refractivity contribution in [2.45, 2.75) is 19.4 Å². The van der Waals surface area contributed by atoms with Gasteiger partial charge in [-0.2, -0.15) is 0 Å². The molecule has 5 nitrogen and oxygen atoms in total. The molecule has 3 amide bonds. The number of benzene rings is 1. The summed E-state index contributed by atoms with van der Waals surface area (Å²) in [6, 6.07) is 5.09. The van der Waals surface area contributed by atoms with Gasteiger partial charge in [0, 0.05) is 30.9 Å². The van der Waals surface area contributed by atoms with E-state index in [0.717, 1.165) is 0 Å². The summed E-state index contributed by atoms with van der Waals surface area (Å²) in [6.45, 7) is 2.97. The minimum atomic E-state index is -0.361. The number of nitrogens with zero attached hydrogens (tertiary/aromatic N) is 1. The topological polar surface area (TPSA) is 61.4 Å². The van der Waals surface area contributed by atoms with E-state index in [1.165, 1.54) is 30.3 Å². The minimum Gasteiger partial charge on any atom is -0.337 e. The highest BCUT2D eigenvalue weighted by atomic mass is 19.1. The summed E-state index contributed by atoms with van der Waals surface area (Å²) in [6.07, 6.45) is 7.56. The van der Waals surface area contributed by atoms with Gasteiger partial charge in [0.2, 0.25) is 5.91 Å². The van der Waals surface area contributed by atoms with E-state index in [1.54, 1.807) is 17.1 Å².